The highest BCUT2D eigenvalue weighted by molar-refractivity contribution is 5.67. The van der Waals surface area contributed by atoms with Gasteiger partial charge in [-0.25, -0.2) is 4.79 Å². The average Bonchev–Trinajstić information content (AvgIpc) is 2.52. The topological polar surface area (TPSA) is 71.5 Å². The molecule has 1 aromatic heterocycles. The van der Waals surface area contributed by atoms with Gasteiger partial charge in [0, 0.05) is 6.20 Å². The molecule has 0 saturated heterocycles. The van der Waals surface area contributed by atoms with Gasteiger partial charge in [-0.1, -0.05) is 36.4 Å². The first-order valence-corrected chi connectivity index (χ1v) is 6.29. The van der Waals surface area contributed by atoms with E-state index in [0.717, 1.165) is 5.56 Å². The molecule has 2 N–H and O–H groups in total. The fourth-order valence-electron chi connectivity index (χ4n) is 1.63. The van der Waals surface area contributed by atoms with Crippen molar-refractivity contribution in [1.82, 2.24) is 10.3 Å². The zero-order chi connectivity index (χ0) is 14.2. The molecular weight excluding hydrogens is 256 g/mol. The maximum Gasteiger partial charge on any atom is 0.407 e. The number of rotatable bonds is 5. The monoisotopic (exact) mass is 272 g/mol. The van der Waals surface area contributed by atoms with Gasteiger partial charge in [0.05, 0.1) is 12.2 Å². The number of pyridine rings is 1. The molecular formula is C15H16N2O3. The number of hydrogen-bond acceptors (Lipinski definition) is 4. The van der Waals surface area contributed by atoms with Gasteiger partial charge in [-0.2, -0.15) is 0 Å². The van der Waals surface area contributed by atoms with Gasteiger partial charge in [-0.15, -0.1) is 0 Å². The van der Waals surface area contributed by atoms with Crippen LogP contribution in [0.2, 0.25) is 0 Å². The van der Waals surface area contributed by atoms with Crippen LogP contribution in [0.3, 0.4) is 0 Å². The normalized spacial score (nSPS) is 11.7. The largest absolute Gasteiger partial charge is 0.445 e. The standard InChI is InChI=1S/C15H16N2O3/c18-14(13-8-4-5-9-16-13)10-17-15(19)20-11-12-6-2-1-3-7-12/h1-9,14,18H,10-11H2,(H,17,19). The minimum atomic E-state index is -0.847. The number of hydrogen-bond donors (Lipinski definition) is 2. The molecule has 0 radical (unpaired) electrons. The number of carbonyl (C=O) groups is 1. The summed E-state index contributed by atoms with van der Waals surface area (Å²) in [6, 6.07) is 14.6. The minimum Gasteiger partial charge on any atom is -0.445 e. The summed E-state index contributed by atoms with van der Waals surface area (Å²) in [7, 11) is 0. The van der Waals surface area contributed by atoms with E-state index < -0.39 is 12.2 Å². The van der Waals surface area contributed by atoms with Crippen molar-refractivity contribution < 1.29 is 14.6 Å². The van der Waals surface area contributed by atoms with E-state index in [2.05, 4.69) is 10.3 Å². The van der Waals surface area contributed by atoms with Gasteiger partial charge < -0.3 is 15.2 Å². The van der Waals surface area contributed by atoms with Crippen LogP contribution in [0.15, 0.2) is 54.7 Å². The molecule has 104 valence electrons. The first-order chi connectivity index (χ1) is 9.75. The first kappa shape index (κ1) is 14.0. The summed E-state index contributed by atoms with van der Waals surface area (Å²) in [5.74, 6) is 0. The maximum atomic E-state index is 11.5. The highest BCUT2D eigenvalue weighted by Gasteiger charge is 2.10. The van der Waals surface area contributed by atoms with Crippen molar-refractivity contribution in [2.24, 2.45) is 0 Å². The molecule has 5 heteroatoms. The molecule has 5 nitrogen and oxygen atoms in total. The third-order valence-electron chi connectivity index (χ3n) is 2.68. The van der Waals surface area contributed by atoms with Crippen LogP contribution in [0, 0.1) is 0 Å². The SMILES string of the molecule is O=C(NCC(O)c1ccccn1)OCc1ccccc1. The van der Waals surface area contributed by atoms with Gasteiger partial charge in [0.2, 0.25) is 0 Å². The second-order valence-corrected chi connectivity index (χ2v) is 4.21. The Labute approximate surface area is 117 Å². The van der Waals surface area contributed by atoms with Crippen LogP contribution in [0.4, 0.5) is 4.79 Å². The Morgan fingerprint density at radius 1 is 1.20 bits per heavy atom. The van der Waals surface area contributed by atoms with Crippen molar-refractivity contribution in [2.45, 2.75) is 12.7 Å². The van der Waals surface area contributed by atoms with E-state index in [-0.39, 0.29) is 13.2 Å². The number of ether oxygens (including phenoxy) is 1. The molecule has 0 aliphatic carbocycles. The lowest BCUT2D eigenvalue weighted by Crippen LogP contribution is -2.29. The Morgan fingerprint density at radius 2 is 1.95 bits per heavy atom. The lowest BCUT2D eigenvalue weighted by atomic mass is 10.2. The van der Waals surface area contributed by atoms with Crippen molar-refractivity contribution in [3.8, 4) is 0 Å². The van der Waals surface area contributed by atoms with E-state index >= 15 is 0 Å². The van der Waals surface area contributed by atoms with Crippen molar-refractivity contribution in [3.05, 3.63) is 66.0 Å². The number of nitrogens with one attached hydrogen (secondary N) is 1. The van der Waals surface area contributed by atoms with Gasteiger partial charge in [-0.05, 0) is 17.7 Å². The number of benzene rings is 1. The number of alkyl carbamates (subject to hydrolysis) is 1. The summed E-state index contributed by atoms with van der Waals surface area (Å²) >= 11 is 0. The van der Waals surface area contributed by atoms with Gasteiger partial charge in [0.1, 0.15) is 12.7 Å². The molecule has 1 heterocycles. The average molecular weight is 272 g/mol. The van der Waals surface area contributed by atoms with Crippen LogP contribution < -0.4 is 5.32 Å². The molecule has 1 unspecified atom stereocenters. The van der Waals surface area contributed by atoms with Crippen molar-refractivity contribution in [3.63, 3.8) is 0 Å². The van der Waals surface area contributed by atoms with Crippen molar-refractivity contribution >= 4 is 6.09 Å². The van der Waals surface area contributed by atoms with Gasteiger partial charge in [0.15, 0.2) is 0 Å². The second-order valence-electron chi connectivity index (χ2n) is 4.21. The van der Waals surface area contributed by atoms with E-state index in [0.29, 0.717) is 5.69 Å². The summed E-state index contributed by atoms with van der Waals surface area (Å²) < 4.78 is 5.03. The maximum absolute atomic E-state index is 11.5. The number of amides is 1. The molecule has 0 aliphatic heterocycles. The molecule has 20 heavy (non-hydrogen) atoms. The van der Waals surface area contributed by atoms with Gasteiger partial charge in [-0.3, -0.25) is 4.98 Å². The smallest absolute Gasteiger partial charge is 0.407 e. The van der Waals surface area contributed by atoms with Crippen LogP contribution >= 0.6 is 0 Å². The highest BCUT2D eigenvalue weighted by atomic mass is 16.5. The van der Waals surface area contributed by atoms with Gasteiger partial charge in [0.25, 0.3) is 0 Å². The Balaban J connectivity index is 1.73. The predicted octanol–water partition coefficient (Wildman–Crippen LogP) is 2.04. The molecule has 0 bridgehead atoms. The summed E-state index contributed by atoms with van der Waals surface area (Å²) in [5.41, 5.74) is 1.42. The van der Waals surface area contributed by atoms with E-state index in [9.17, 15) is 9.90 Å². The Kier molecular flexibility index (Phi) is 5.08. The lowest BCUT2D eigenvalue weighted by Gasteiger charge is -2.11. The van der Waals surface area contributed by atoms with Gasteiger partial charge >= 0.3 is 6.09 Å². The Morgan fingerprint density at radius 3 is 2.65 bits per heavy atom. The molecule has 1 amide bonds. The number of aliphatic hydroxyl groups is 1. The van der Waals surface area contributed by atoms with Crippen LogP contribution in [-0.4, -0.2) is 22.7 Å². The summed E-state index contributed by atoms with van der Waals surface area (Å²) in [4.78, 5) is 15.5. The molecule has 1 atom stereocenters. The molecule has 2 aromatic rings. The van der Waals surface area contributed by atoms with E-state index in [1.807, 2.05) is 30.3 Å². The van der Waals surface area contributed by atoms with Crippen molar-refractivity contribution in [1.29, 1.82) is 0 Å². The predicted molar refractivity (Wildman–Crippen MR) is 73.8 cm³/mol. The highest BCUT2D eigenvalue weighted by Crippen LogP contribution is 2.07. The summed E-state index contributed by atoms with van der Waals surface area (Å²) in [6.45, 7) is 0.261. The van der Waals surface area contributed by atoms with Crippen molar-refractivity contribution in [2.75, 3.05) is 6.54 Å². The zero-order valence-electron chi connectivity index (χ0n) is 10.9. The molecule has 0 aliphatic rings. The molecule has 0 fully saturated rings. The molecule has 0 spiro atoms. The van der Waals surface area contributed by atoms with Crippen LogP contribution in [-0.2, 0) is 11.3 Å². The third kappa shape index (κ3) is 4.37. The minimum absolute atomic E-state index is 0.0602. The third-order valence-corrected chi connectivity index (χ3v) is 2.68. The Hall–Kier alpha value is -2.40. The van der Waals surface area contributed by atoms with E-state index in [4.69, 9.17) is 4.74 Å². The van der Waals surface area contributed by atoms with Crippen LogP contribution in [0.5, 0.6) is 0 Å². The summed E-state index contributed by atoms with van der Waals surface area (Å²) in [6.07, 6.45) is 0.177. The number of aromatic nitrogens is 1. The summed E-state index contributed by atoms with van der Waals surface area (Å²) in [5, 5.41) is 12.3. The van der Waals surface area contributed by atoms with E-state index in [1.54, 1.807) is 24.4 Å². The fraction of sp³-hybridized carbons (Fsp3) is 0.200. The number of nitrogens with zero attached hydrogens (tertiary/aromatic N) is 1. The second kappa shape index (κ2) is 7.25. The zero-order valence-corrected chi connectivity index (χ0v) is 10.9. The molecule has 0 saturated carbocycles. The van der Waals surface area contributed by atoms with Crippen LogP contribution in [0.1, 0.15) is 17.4 Å². The van der Waals surface area contributed by atoms with Crippen LogP contribution in [0.25, 0.3) is 0 Å². The Bertz CT molecular complexity index is 531. The quantitative estimate of drug-likeness (QED) is 0.873. The lowest BCUT2D eigenvalue weighted by molar-refractivity contribution is 0.125. The van der Waals surface area contributed by atoms with E-state index in [1.165, 1.54) is 0 Å². The first-order valence-electron chi connectivity index (χ1n) is 6.29. The fourth-order valence-corrected chi connectivity index (χ4v) is 1.63. The molecule has 1 aromatic carbocycles. The number of carbonyl (C=O) groups excluding carboxylic acids is 1. The number of aliphatic hydroxyl groups excluding tert-OH is 1. The molecule has 2 rings (SSSR count).